The number of nitrogens with zero attached hydrogens (tertiary/aromatic N) is 3. The van der Waals surface area contributed by atoms with E-state index in [4.69, 9.17) is 16.1 Å². The molecule has 1 aliphatic heterocycles. The molecule has 138 valence electrons. The molecule has 4 rings (SSSR count). The Hall–Kier alpha value is -1.88. The lowest BCUT2D eigenvalue weighted by Gasteiger charge is -2.36. The summed E-state index contributed by atoms with van der Waals surface area (Å²) in [5.74, 6) is 1.51. The number of piperidine rings is 1. The molecule has 1 aromatic carbocycles. The molecule has 1 unspecified atom stereocenters. The number of benzene rings is 1. The first-order chi connectivity index (χ1) is 12.7. The standard InChI is InChI=1S/C20H24ClN3O2/c21-16-10-6-9-15(13-16)18-22-19(26-23-18)17-11-4-5-12-24(17)20(25)14-7-2-1-3-8-14/h6,9-10,13-14,17H,1-5,7-8,11-12H2. The van der Waals surface area contributed by atoms with E-state index >= 15 is 0 Å². The Balaban J connectivity index is 1.55. The lowest BCUT2D eigenvalue weighted by molar-refractivity contribution is -0.141. The molecule has 6 heteroatoms. The second-order valence-electron chi connectivity index (χ2n) is 7.34. The van der Waals surface area contributed by atoms with Crippen LogP contribution in [0.2, 0.25) is 5.02 Å². The Kier molecular flexibility index (Phi) is 5.25. The SMILES string of the molecule is O=C(C1CCCCC1)N1CCCCC1c1nc(-c2cccc(Cl)c2)no1. The third-order valence-corrected chi connectivity index (χ3v) is 5.79. The molecule has 26 heavy (non-hydrogen) atoms. The van der Waals surface area contributed by atoms with Crippen molar-refractivity contribution in [2.45, 2.75) is 57.4 Å². The molecule has 5 nitrogen and oxygen atoms in total. The highest BCUT2D eigenvalue weighted by atomic mass is 35.5. The molecule has 1 saturated heterocycles. The Morgan fingerprint density at radius 2 is 1.92 bits per heavy atom. The first-order valence-electron chi connectivity index (χ1n) is 9.62. The average molecular weight is 374 g/mol. The lowest BCUT2D eigenvalue weighted by atomic mass is 9.87. The van der Waals surface area contributed by atoms with Gasteiger partial charge in [0.15, 0.2) is 0 Å². The molecule has 1 saturated carbocycles. The van der Waals surface area contributed by atoms with Gasteiger partial charge in [-0.3, -0.25) is 4.79 Å². The molecule has 1 amide bonds. The summed E-state index contributed by atoms with van der Waals surface area (Å²) in [4.78, 5) is 19.7. The van der Waals surface area contributed by atoms with Crippen molar-refractivity contribution in [1.29, 1.82) is 0 Å². The van der Waals surface area contributed by atoms with Crippen LogP contribution >= 0.6 is 11.6 Å². The highest BCUT2D eigenvalue weighted by Crippen LogP contribution is 2.35. The Morgan fingerprint density at radius 1 is 1.12 bits per heavy atom. The van der Waals surface area contributed by atoms with Crippen LogP contribution in [0.1, 0.15) is 63.3 Å². The predicted molar refractivity (Wildman–Crippen MR) is 99.6 cm³/mol. The molecule has 0 bridgehead atoms. The van der Waals surface area contributed by atoms with E-state index in [1.165, 1.54) is 6.42 Å². The zero-order valence-corrected chi connectivity index (χ0v) is 15.6. The molecule has 1 aromatic heterocycles. The largest absolute Gasteiger partial charge is 0.337 e. The van der Waals surface area contributed by atoms with Gasteiger partial charge in [-0.05, 0) is 44.2 Å². The first-order valence-corrected chi connectivity index (χ1v) is 10.0. The number of hydrogen-bond acceptors (Lipinski definition) is 4. The van der Waals surface area contributed by atoms with Crippen molar-refractivity contribution in [3.63, 3.8) is 0 Å². The zero-order chi connectivity index (χ0) is 17.9. The highest BCUT2D eigenvalue weighted by Gasteiger charge is 2.35. The number of hydrogen-bond donors (Lipinski definition) is 0. The minimum atomic E-state index is -0.0985. The lowest BCUT2D eigenvalue weighted by Crippen LogP contribution is -2.42. The van der Waals surface area contributed by atoms with Crippen LogP contribution < -0.4 is 0 Å². The van der Waals surface area contributed by atoms with Crippen molar-refractivity contribution in [1.82, 2.24) is 15.0 Å². The maximum absolute atomic E-state index is 13.1. The Bertz CT molecular complexity index is 770. The molecule has 2 aromatic rings. The summed E-state index contributed by atoms with van der Waals surface area (Å²) in [6.07, 6.45) is 8.61. The van der Waals surface area contributed by atoms with E-state index in [1.807, 2.05) is 29.2 Å². The smallest absolute Gasteiger partial charge is 0.249 e. The number of aromatic nitrogens is 2. The second-order valence-corrected chi connectivity index (χ2v) is 7.78. The van der Waals surface area contributed by atoms with Crippen LogP contribution in [0.5, 0.6) is 0 Å². The van der Waals surface area contributed by atoms with E-state index in [0.29, 0.717) is 16.7 Å². The van der Waals surface area contributed by atoms with Gasteiger partial charge in [0.1, 0.15) is 6.04 Å². The first kappa shape index (κ1) is 17.5. The summed E-state index contributed by atoms with van der Waals surface area (Å²) in [5, 5.41) is 4.77. The topological polar surface area (TPSA) is 59.2 Å². The molecule has 0 N–H and O–H groups in total. The zero-order valence-electron chi connectivity index (χ0n) is 14.9. The molecule has 1 atom stereocenters. The number of amides is 1. The highest BCUT2D eigenvalue weighted by molar-refractivity contribution is 6.30. The van der Waals surface area contributed by atoms with E-state index in [2.05, 4.69) is 10.1 Å². The van der Waals surface area contributed by atoms with E-state index in [-0.39, 0.29) is 17.9 Å². The van der Waals surface area contributed by atoms with Crippen molar-refractivity contribution in [3.8, 4) is 11.4 Å². The normalized spacial score (nSPS) is 21.7. The predicted octanol–water partition coefficient (Wildman–Crippen LogP) is 5.02. The van der Waals surface area contributed by atoms with Crippen LogP contribution in [-0.4, -0.2) is 27.5 Å². The quantitative estimate of drug-likeness (QED) is 0.757. The van der Waals surface area contributed by atoms with Gasteiger partial charge < -0.3 is 9.42 Å². The number of rotatable bonds is 3. The van der Waals surface area contributed by atoms with Gasteiger partial charge in [0, 0.05) is 23.0 Å². The van der Waals surface area contributed by atoms with Gasteiger partial charge in [0.2, 0.25) is 17.6 Å². The van der Waals surface area contributed by atoms with Gasteiger partial charge >= 0.3 is 0 Å². The third kappa shape index (κ3) is 3.63. The summed E-state index contributed by atoms with van der Waals surface area (Å²) < 4.78 is 5.57. The van der Waals surface area contributed by atoms with Gasteiger partial charge in [-0.25, -0.2) is 0 Å². The summed E-state index contributed by atoms with van der Waals surface area (Å²) in [7, 11) is 0. The van der Waals surface area contributed by atoms with Crippen molar-refractivity contribution >= 4 is 17.5 Å². The minimum absolute atomic E-state index is 0.0985. The van der Waals surface area contributed by atoms with Crippen LogP contribution in [0.3, 0.4) is 0 Å². The molecular formula is C20H24ClN3O2. The molecule has 2 aliphatic rings. The van der Waals surface area contributed by atoms with Gasteiger partial charge in [0.25, 0.3) is 0 Å². The molecule has 1 aliphatic carbocycles. The average Bonchev–Trinajstić information content (AvgIpc) is 3.18. The molecule has 2 fully saturated rings. The number of carbonyl (C=O) groups is 1. The van der Waals surface area contributed by atoms with Crippen LogP contribution in [-0.2, 0) is 4.79 Å². The number of likely N-dealkylation sites (tertiary alicyclic amines) is 1. The van der Waals surface area contributed by atoms with Crippen LogP contribution in [0.15, 0.2) is 28.8 Å². The maximum atomic E-state index is 13.1. The molecular weight excluding hydrogens is 350 g/mol. The fourth-order valence-electron chi connectivity index (χ4n) is 4.15. The summed E-state index contributed by atoms with van der Waals surface area (Å²) in [6.45, 7) is 0.787. The van der Waals surface area contributed by atoms with E-state index in [1.54, 1.807) is 0 Å². The summed E-state index contributed by atoms with van der Waals surface area (Å²) in [5.41, 5.74) is 0.827. The number of carbonyl (C=O) groups excluding carboxylic acids is 1. The fraction of sp³-hybridized carbons (Fsp3) is 0.550. The summed E-state index contributed by atoms with van der Waals surface area (Å²) >= 11 is 6.06. The van der Waals surface area contributed by atoms with E-state index in [0.717, 1.165) is 57.1 Å². The Morgan fingerprint density at radius 3 is 2.73 bits per heavy atom. The molecule has 0 radical (unpaired) electrons. The summed E-state index contributed by atoms with van der Waals surface area (Å²) in [6, 6.07) is 7.32. The minimum Gasteiger partial charge on any atom is -0.337 e. The van der Waals surface area contributed by atoms with Gasteiger partial charge in [0.05, 0.1) is 0 Å². The van der Waals surface area contributed by atoms with E-state index < -0.39 is 0 Å². The molecule has 2 heterocycles. The number of halogens is 1. The second kappa shape index (κ2) is 7.78. The van der Waals surface area contributed by atoms with Crippen molar-refractivity contribution < 1.29 is 9.32 Å². The van der Waals surface area contributed by atoms with Crippen LogP contribution in [0, 0.1) is 5.92 Å². The van der Waals surface area contributed by atoms with Gasteiger partial charge in [-0.15, -0.1) is 0 Å². The van der Waals surface area contributed by atoms with Crippen molar-refractivity contribution in [3.05, 3.63) is 35.2 Å². The Labute approximate surface area is 158 Å². The third-order valence-electron chi connectivity index (χ3n) is 5.55. The maximum Gasteiger partial charge on any atom is 0.249 e. The van der Waals surface area contributed by atoms with Crippen molar-refractivity contribution in [2.75, 3.05) is 6.54 Å². The van der Waals surface area contributed by atoms with Crippen LogP contribution in [0.25, 0.3) is 11.4 Å². The van der Waals surface area contributed by atoms with E-state index in [9.17, 15) is 4.79 Å². The van der Waals surface area contributed by atoms with Crippen LogP contribution in [0.4, 0.5) is 0 Å². The van der Waals surface area contributed by atoms with Crippen molar-refractivity contribution in [2.24, 2.45) is 5.92 Å². The van der Waals surface area contributed by atoms with Gasteiger partial charge in [-0.1, -0.05) is 48.2 Å². The fourth-order valence-corrected chi connectivity index (χ4v) is 4.34. The molecule has 0 spiro atoms. The van der Waals surface area contributed by atoms with Gasteiger partial charge in [-0.2, -0.15) is 4.98 Å². The monoisotopic (exact) mass is 373 g/mol.